The van der Waals surface area contributed by atoms with Gasteiger partial charge in [-0.05, 0) is 6.92 Å². The molecule has 1 amide bonds. The molecule has 1 atom stereocenters. The predicted molar refractivity (Wildman–Crippen MR) is 60.1 cm³/mol. The van der Waals surface area contributed by atoms with Crippen molar-refractivity contribution in [2.24, 2.45) is 0 Å². The summed E-state index contributed by atoms with van der Waals surface area (Å²) in [5.41, 5.74) is 0. The minimum atomic E-state index is -4.42. The van der Waals surface area contributed by atoms with Gasteiger partial charge in [-0.1, -0.05) is 0 Å². The van der Waals surface area contributed by atoms with Crippen LogP contribution in [0.3, 0.4) is 0 Å². The summed E-state index contributed by atoms with van der Waals surface area (Å²) in [5, 5.41) is 8.76. The van der Waals surface area contributed by atoms with Gasteiger partial charge in [-0.3, -0.25) is 9.69 Å². The van der Waals surface area contributed by atoms with Crippen molar-refractivity contribution in [3.8, 4) is 6.07 Å². The second-order valence-corrected chi connectivity index (χ2v) is 4.33. The van der Waals surface area contributed by atoms with E-state index in [0.29, 0.717) is 26.2 Å². The van der Waals surface area contributed by atoms with Crippen molar-refractivity contribution in [3.63, 3.8) is 0 Å². The minimum absolute atomic E-state index is 0.223. The van der Waals surface area contributed by atoms with Crippen LogP contribution < -0.4 is 0 Å². The molecule has 0 radical (unpaired) electrons. The summed E-state index contributed by atoms with van der Waals surface area (Å²) in [4.78, 5) is 15.0. The number of hydrogen-bond donors (Lipinski definition) is 0. The smallest absolute Gasteiger partial charge is 0.362 e. The molecule has 0 aliphatic carbocycles. The molecule has 5 nitrogen and oxygen atoms in total. The van der Waals surface area contributed by atoms with Crippen molar-refractivity contribution in [2.45, 2.75) is 19.1 Å². The van der Waals surface area contributed by atoms with E-state index in [2.05, 4.69) is 10.8 Å². The maximum Gasteiger partial charge on any atom is 0.411 e. The Balaban J connectivity index is 2.28. The van der Waals surface area contributed by atoms with Crippen LogP contribution in [0.4, 0.5) is 13.2 Å². The first-order valence-corrected chi connectivity index (χ1v) is 5.89. The molecule has 0 aromatic carbocycles. The summed E-state index contributed by atoms with van der Waals surface area (Å²) < 4.78 is 39.8. The van der Waals surface area contributed by atoms with E-state index in [1.54, 1.807) is 6.92 Å². The molecule has 108 valence electrons. The summed E-state index contributed by atoms with van der Waals surface area (Å²) >= 11 is 0. The van der Waals surface area contributed by atoms with Crippen LogP contribution in [0, 0.1) is 11.3 Å². The third-order valence-corrected chi connectivity index (χ3v) is 2.89. The molecule has 1 heterocycles. The minimum Gasteiger partial charge on any atom is -0.362 e. The highest BCUT2D eigenvalue weighted by molar-refractivity contribution is 5.77. The van der Waals surface area contributed by atoms with E-state index in [1.807, 2.05) is 4.90 Å². The zero-order valence-corrected chi connectivity index (χ0v) is 10.6. The van der Waals surface area contributed by atoms with Crippen molar-refractivity contribution >= 4 is 5.91 Å². The predicted octanol–water partition coefficient (Wildman–Crippen LogP) is 0.622. The molecular formula is C11H16F3N3O2. The first kappa shape index (κ1) is 15.7. The fourth-order valence-corrected chi connectivity index (χ4v) is 1.79. The lowest BCUT2D eigenvalue weighted by Gasteiger charge is -2.35. The Morgan fingerprint density at radius 1 is 1.37 bits per heavy atom. The molecule has 1 aliphatic rings. The highest BCUT2D eigenvalue weighted by Gasteiger charge is 2.29. The lowest BCUT2D eigenvalue weighted by molar-refractivity contribution is -0.178. The van der Waals surface area contributed by atoms with E-state index in [4.69, 9.17) is 5.26 Å². The van der Waals surface area contributed by atoms with Gasteiger partial charge in [0, 0.05) is 26.2 Å². The van der Waals surface area contributed by atoms with Gasteiger partial charge >= 0.3 is 6.18 Å². The molecule has 8 heteroatoms. The molecule has 1 rings (SSSR count). The van der Waals surface area contributed by atoms with Gasteiger partial charge in [0.1, 0.15) is 13.2 Å². The Hall–Kier alpha value is -1.33. The zero-order chi connectivity index (χ0) is 14.5. The van der Waals surface area contributed by atoms with E-state index < -0.39 is 25.3 Å². The third kappa shape index (κ3) is 5.44. The van der Waals surface area contributed by atoms with Crippen LogP contribution >= 0.6 is 0 Å². The molecule has 0 aromatic heterocycles. The third-order valence-electron chi connectivity index (χ3n) is 2.89. The van der Waals surface area contributed by atoms with Crippen molar-refractivity contribution in [1.29, 1.82) is 5.26 Å². The van der Waals surface area contributed by atoms with Gasteiger partial charge in [0.25, 0.3) is 0 Å². The molecule has 1 unspecified atom stereocenters. The van der Waals surface area contributed by atoms with E-state index in [-0.39, 0.29) is 6.04 Å². The fraction of sp³-hybridized carbons (Fsp3) is 0.818. The van der Waals surface area contributed by atoms with Gasteiger partial charge < -0.3 is 9.64 Å². The number of carbonyl (C=O) groups is 1. The van der Waals surface area contributed by atoms with E-state index in [1.165, 1.54) is 4.90 Å². The highest BCUT2D eigenvalue weighted by atomic mass is 19.4. The number of rotatable bonds is 4. The van der Waals surface area contributed by atoms with E-state index >= 15 is 0 Å². The van der Waals surface area contributed by atoms with Crippen LogP contribution in [0.2, 0.25) is 0 Å². The quantitative estimate of drug-likeness (QED) is 0.757. The summed E-state index contributed by atoms with van der Waals surface area (Å²) in [6, 6.07) is 1.88. The van der Waals surface area contributed by atoms with Crippen LogP contribution in [0.5, 0.6) is 0 Å². The SMILES string of the molecule is CC(C#N)N1CCN(C(=O)COCC(F)(F)F)CC1. The summed E-state index contributed by atoms with van der Waals surface area (Å²) in [6.07, 6.45) is -4.42. The number of ether oxygens (including phenoxy) is 1. The Morgan fingerprint density at radius 3 is 2.42 bits per heavy atom. The molecule has 1 saturated heterocycles. The van der Waals surface area contributed by atoms with Gasteiger partial charge in [0.2, 0.25) is 5.91 Å². The van der Waals surface area contributed by atoms with E-state index in [9.17, 15) is 18.0 Å². The topological polar surface area (TPSA) is 56.6 Å². The molecule has 0 spiro atoms. The first-order valence-electron chi connectivity index (χ1n) is 5.89. The largest absolute Gasteiger partial charge is 0.411 e. The monoisotopic (exact) mass is 279 g/mol. The zero-order valence-electron chi connectivity index (χ0n) is 10.6. The molecule has 19 heavy (non-hydrogen) atoms. The van der Waals surface area contributed by atoms with Crippen LogP contribution in [-0.4, -0.2) is 67.3 Å². The lowest BCUT2D eigenvalue weighted by Crippen LogP contribution is -2.51. The number of hydrogen-bond acceptors (Lipinski definition) is 4. The average Bonchev–Trinajstić information content (AvgIpc) is 2.36. The molecule has 0 N–H and O–H groups in total. The second kappa shape index (κ2) is 6.73. The number of alkyl halides is 3. The highest BCUT2D eigenvalue weighted by Crippen LogP contribution is 2.14. The number of amides is 1. The van der Waals surface area contributed by atoms with Gasteiger partial charge in [0.05, 0.1) is 12.1 Å². The molecule has 0 saturated carbocycles. The van der Waals surface area contributed by atoms with Crippen molar-refractivity contribution in [3.05, 3.63) is 0 Å². The Kier molecular flexibility index (Phi) is 5.57. The number of piperazine rings is 1. The number of nitriles is 1. The van der Waals surface area contributed by atoms with Crippen LogP contribution in [-0.2, 0) is 9.53 Å². The van der Waals surface area contributed by atoms with Gasteiger partial charge in [0.15, 0.2) is 0 Å². The van der Waals surface area contributed by atoms with Crippen molar-refractivity contribution in [2.75, 3.05) is 39.4 Å². The molecule has 0 aromatic rings. The first-order chi connectivity index (χ1) is 8.83. The van der Waals surface area contributed by atoms with Crippen LogP contribution in [0.25, 0.3) is 0 Å². The summed E-state index contributed by atoms with van der Waals surface area (Å²) in [5.74, 6) is -0.450. The Bertz CT molecular complexity index is 346. The Labute approximate surface area is 109 Å². The standard InChI is InChI=1S/C11H16F3N3O2/c1-9(6-15)16-2-4-17(5-3-16)10(18)7-19-8-11(12,13)14/h9H,2-5,7-8H2,1H3. The number of nitrogens with zero attached hydrogens (tertiary/aromatic N) is 3. The van der Waals surface area contributed by atoms with Gasteiger partial charge in [-0.2, -0.15) is 18.4 Å². The van der Waals surface area contributed by atoms with Crippen molar-refractivity contribution < 1.29 is 22.7 Å². The van der Waals surface area contributed by atoms with E-state index in [0.717, 1.165) is 0 Å². The molecule has 1 aliphatic heterocycles. The number of carbonyl (C=O) groups excluding carboxylic acids is 1. The average molecular weight is 279 g/mol. The molecule has 0 bridgehead atoms. The van der Waals surface area contributed by atoms with Crippen molar-refractivity contribution in [1.82, 2.24) is 9.80 Å². The summed E-state index contributed by atoms with van der Waals surface area (Å²) in [7, 11) is 0. The fourth-order valence-electron chi connectivity index (χ4n) is 1.79. The van der Waals surface area contributed by atoms with Gasteiger partial charge in [-0.15, -0.1) is 0 Å². The maximum atomic E-state index is 11.8. The second-order valence-electron chi connectivity index (χ2n) is 4.33. The number of halogens is 3. The summed E-state index contributed by atoms with van der Waals surface area (Å²) in [6.45, 7) is 1.68. The molecular weight excluding hydrogens is 263 g/mol. The molecule has 1 fully saturated rings. The lowest BCUT2D eigenvalue weighted by atomic mass is 10.2. The van der Waals surface area contributed by atoms with Crippen LogP contribution in [0.15, 0.2) is 0 Å². The van der Waals surface area contributed by atoms with Gasteiger partial charge in [-0.25, -0.2) is 0 Å². The van der Waals surface area contributed by atoms with Crippen LogP contribution in [0.1, 0.15) is 6.92 Å². The maximum absolute atomic E-state index is 11.8. The Morgan fingerprint density at radius 2 is 1.95 bits per heavy atom. The normalized spacial score (nSPS) is 19.0.